The van der Waals surface area contributed by atoms with Gasteiger partial charge in [-0.3, -0.25) is 0 Å². The Morgan fingerprint density at radius 1 is 0.952 bits per heavy atom. The maximum absolute atomic E-state index is 4.30. The van der Waals surface area contributed by atoms with E-state index in [4.69, 9.17) is 0 Å². The Kier molecular flexibility index (Phi) is 3.39. The van der Waals surface area contributed by atoms with Crippen molar-refractivity contribution in [3.05, 3.63) is 95.1 Å². The topological polar surface area (TPSA) is 0 Å². The van der Waals surface area contributed by atoms with Crippen LogP contribution in [0.2, 0.25) is 0 Å². The highest BCUT2D eigenvalue weighted by Crippen LogP contribution is 2.37. The molecule has 0 saturated heterocycles. The third kappa shape index (κ3) is 2.50. The summed E-state index contributed by atoms with van der Waals surface area (Å²) in [6.45, 7) is 12.8. The van der Waals surface area contributed by atoms with Crippen molar-refractivity contribution in [2.45, 2.75) is 20.3 Å². The SMILES string of the molecule is C=C(C1=CCc2cc(C)ccc2C1=C)c1ccc(C)cc1. The van der Waals surface area contributed by atoms with Crippen molar-refractivity contribution in [2.24, 2.45) is 0 Å². The monoisotopic (exact) mass is 272 g/mol. The summed E-state index contributed by atoms with van der Waals surface area (Å²) in [6.07, 6.45) is 3.21. The molecule has 104 valence electrons. The molecule has 0 heterocycles. The van der Waals surface area contributed by atoms with Crippen LogP contribution in [0.1, 0.15) is 27.8 Å². The van der Waals surface area contributed by atoms with Crippen LogP contribution in [0.25, 0.3) is 11.1 Å². The summed E-state index contributed by atoms with van der Waals surface area (Å²) in [7, 11) is 0. The summed E-state index contributed by atoms with van der Waals surface area (Å²) in [5, 5.41) is 0. The molecule has 0 bridgehead atoms. The van der Waals surface area contributed by atoms with Crippen LogP contribution in [0.4, 0.5) is 0 Å². The molecular formula is C21H20. The first-order chi connectivity index (χ1) is 10.1. The highest BCUT2D eigenvalue weighted by atomic mass is 14.2. The lowest BCUT2D eigenvalue weighted by atomic mass is 9.82. The maximum atomic E-state index is 4.30. The van der Waals surface area contributed by atoms with Gasteiger partial charge in [0.15, 0.2) is 0 Å². The predicted molar refractivity (Wildman–Crippen MR) is 92.2 cm³/mol. The number of benzene rings is 2. The Hall–Kier alpha value is -2.34. The fraction of sp³-hybridized carbons (Fsp3) is 0.143. The largest absolute Gasteiger partial charge is 0.0905 e. The molecule has 1 aliphatic carbocycles. The van der Waals surface area contributed by atoms with Gasteiger partial charge in [0.25, 0.3) is 0 Å². The molecule has 2 aromatic carbocycles. The zero-order chi connectivity index (χ0) is 15.0. The second kappa shape index (κ2) is 5.21. The van der Waals surface area contributed by atoms with Gasteiger partial charge in [-0.05, 0) is 53.7 Å². The minimum absolute atomic E-state index is 0.955. The van der Waals surface area contributed by atoms with E-state index in [9.17, 15) is 0 Å². The third-order valence-corrected chi connectivity index (χ3v) is 4.16. The molecule has 0 amide bonds. The lowest BCUT2D eigenvalue weighted by molar-refractivity contribution is 1.20. The Bertz CT molecular complexity index is 755. The van der Waals surface area contributed by atoms with Gasteiger partial charge in [0.1, 0.15) is 0 Å². The van der Waals surface area contributed by atoms with Crippen molar-refractivity contribution >= 4 is 11.1 Å². The molecule has 0 atom stereocenters. The van der Waals surface area contributed by atoms with Crippen molar-refractivity contribution in [1.82, 2.24) is 0 Å². The van der Waals surface area contributed by atoms with E-state index < -0.39 is 0 Å². The molecule has 0 heteroatoms. The van der Waals surface area contributed by atoms with Gasteiger partial charge in [-0.15, -0.1) is 0 Å². The van der Waals surface area contributed by atoms with Crippen LogP contribution in [0, 0.1) is 13.8 Å². The van der Waals surface area contributed by atoms with E-state index in [-0.39, 0.29) is 0 Å². The molecule has 0 saturated carbocycles. The van der Waals surface area contributed by atoms with E-state index in [0.717, 1.165) is 17.6 Å². The van der Waals surface area contributed by atoms with Crippen LogP contribution < -0.4 is 0 Å². The molecule has 0 spiro atoms. The zero-order valence-electron chi connectivity index (χ0n) is 12.7. The predicted octanol–water partition coefficient (Wildman–Crippen LogP) is 5.51. The van der Waals surface area contributed by atoms with Gasteiger partial charge in [0, 0.05) is 0 Å². The lowest BCUT2D eigenvalue weighted by Gasteiger charge is -2.22. The van der Waals surface area contributed by atoms with Crippen LogP contribution in [0.15, 0.2) is 67.3 Å². The number of aryl methyl sites for hydroxylation is 2. The van der Waals surface area contributed by atoms with E-state index in [0.29, 0.717) is 0 Å². The molecule has 0 aromatic heterocycles. The van der Waals surface area contributed by atoms with Gasteiger partial charge < -0.3 is 0 Å². The molecule has 0 aliphatic heterocycles. The smallest absolute Gasteiger partial charge is 0.00818 e. The lowest BCUT2D eigenvalue weighted by Crippen LogP contribution is -2.03. The van der Waals surface area contributed by atoms with Crippen molar-refractivity contribution in [3.8, 4) is 0 Å². The second-order valence-corrected chi connectivity index (χ2v) is 5.81. The van der Waals surface area contributed by atoms with Crippen molar-refractivity contribution in [3.63, 3.8) is 0 Å². The van der Waals surface area contributed by atoms with Crippen molar-refractivity contribution < 1.29 is 0 Å². The van der Waals surface area contributed by atoms with E-state index in [1.165, 1.54) is 33.4 Å². The molecule has 1 aliphatic rings. The summed E-state index contributed by atoms with van der Waals surface area (Å²) in [6, 6.07) is 15.1. The first kappa shape index (κ1) is 13.6. The first-order valence-corrected chi connectivity index (χ1v) is 7.32. The van der Waals surface area contributed by atoms with Crippen molar-refractivity contribution in [1.29, 1.82) is 0 Å². The van der Waals surface area contributed by atoms with Crippen LogP contribution in [-0.2, 0) is 6.42 Å². The Balaban J connectivity index is 1.96. The molecule has 0 nitrogen and oxygen atoms in total. The number of fused-ring (bicyclic) bond motifs is 1. The Labute approximate surface area is 127 Å². The van der Waals surface area contributed by atoms with E-state index >= 15 is 0 Å². The molecule has 3 rings (SSSR count). The molecule has 0 N–H and O–H groups in total. The minimum atomic E-state index is 0.955. The highest BCUT2D eigenvalue weighted by molar-refractivity contribution is 5.98. The Morgan fingerprint density at radius 2 is 1.62 bits per heavy atom. The Morgan fingerprint density at radius 3 is 2.33 bits per heavy atom. The summed E-state index contributed by atoms with van der Waals surface area (Å²) in [4.78, 5) is 0. The number of allylic oxidation sites excluding steroid dienone is 4. The molecule has 0 fully saturated rings. The van der Waals surface area contributed by atoms with Crippen LogP contribution in [0.5, 0.6) is 0 Å². The fourth-order valence-electron chi connectivity index (χ4n) is 2.88. The molecule has 0 radical (unpaired) electrons. The number of rotatable bonds is 2. The number of hydrogen-bond acceptors (Lipinski definition) is 0. The fourth-order valence-corrected chi connectivity index (χ4v) is 2.88. The summed E-state index contributed by atoms with van der Waals surface area (Å²) < 4.78 is 0. The second-order valence-electron chi connectivity index (χ2n) is 5.81. The molecule has 2 aromatic rings. The first-order valence-electron chi connectivity index (χ1n) is 7.32. The summed E-state index contributed by atoms with van der Waals surface area (Å²) >= 11 is 0. The third-order valence-electron chi connectivity index (χ3n) is 4.16. The average Bonchev–Trinajstić information content (AvgIpc) is 2.47. The van der Waals surface area contributed by atoms with Crippen LogP contribution in [-0.4, -0.2) is 0 Å². The summed E-state index contributed by atoms with van der Waals surface area (Å²) in [5.41, 5.74) is 9.68. The van der Waals surface area contributed by atoms with Crippen LogP contribution >= 0.6 is 0 Å². The van der Waals surface area contributed by atoms with Gasteiger partial charge in [0.2, 0.25) is 0 Å². The number of hydrogen-bond donors (Lipinski definition) is 0. The van der Waals surface area contributed by atoms with Gasteiger partial charge in [-0.1, -0.05) is 72.8 Å². The maximum Gasteiger partial charge on any atom is -0.00818 e. The summed E-state index contributed by atoms with van der Waals surface area (Å²) in [5.74, 6) is 0. The van der Waals surface area contributed by atoms with Crippen LogP contribution in [0.3, 0.4) is 0 Å². The van der Waals surface area contributed by atoms with Gasteiger partial charge in [0.05, 0.1) is 0 Å². The molecule has 21 heavy (non-hydrogen) atoms. The quantitative estimate of drug-likeness (QED) is 0.676. The van der Waals surface area contributed by atoms with E-state index in [1.807, 2.05) is 0 Å². The van der Waals surface area contributed by atoms with Crippen molar-refractivity contribution in [2.75, 3.05) is 0 Å². The molecular weight excluding hydrogens is 252 g/mol. The van der Waals surface area contributed by atoms with E-state index in [1.54, 1.807) is 0 Å². The van der Waals surface area contributed by atoms with Gasteiger partial charge >= 0.3 is 0 Å². The highest BCUT2D eigenvalue weighted by Gasteiger charge is 2.17. The normalized spacial score (nSPS) is 13.6. The van der Waals surface area contributed by atoms with E-state index in [2.05, 4.69) is 75.5 Å². The van der Waals surface area contributed by atoms with Gasteiger partial charge in [-0.25, -0.2) is 0 Å². The standard InChI is InChI=1S/C21H20/c1-14-5-8-18(9-6-14)16(3)20-12-10-19-13-15(2)7-11-21(19)17(20)4/h5-9,11-13H,3-4,10H2,1-2H3. The minimum Gasteiger partial charge on any atom is -0.0905 e. The average molecular weight is 272 g/mol. The zero-order valence-corrected chi connectivity index (χ0v) is 12.7. The molecule has 0 unspecified atom stereocenters. The van der Waals surface area contributed by atoms with Gasteiger partial charge in [-0.2, -0.15) is 0 Å².